The lowest BCUT2D eigenvalue weighted by Gasteiger charge is -1.95. The fourth-order valence-electron chi connectivity index (χ4n) is 0.647. The van der Waals surface area contributed by atoms with Gasteiger partial charge in [-0.05, 0) is 6.42 Å². The normalized spacial score (nSPS) is 11.5. The molecule has 0 atom stereocenters. The summed E-state index contributed by atoms with van der Waals surface area (Å²) in [6.45, 7) is 1.75. The second kappa shape index (κ2) is 4.46. The highest BCUT2D eigenvalue weighted by atomic mass is 32.2. The van der Waals surface area contributed by atoms with Crippen molar-refractivity contribution in [2.24, 2.45) is 5.14 Å². The van der Waals surface area contributed by atoms with E-state index in [4.69, 9.17) is 5.14 Å². The molecule has 0 saturated carbocycles. The molecule has 2 N–H and O–H groups in total. The lowest BCUT2D eigenvalue weighted by Crippen LogP contribution is -2.17. The van der Waals surface area contributed by atoms with Gasteiger partial charge in [0, 0.05) is 12.8 Å². The first-order valence-corrected chi connectivity index (χ1v) is 5.19. The molecule has 0 bridgehead atoms. The van der Waals surface area contributed by atoms with Crippen LogP contribution in [0.25, 0.3) is 0 Å². The monoisotopic (exact) mass is 179 g/mol. The first kappa shape index (κ1) is 10.6. The van der Waals surface area contributed by atoms with Crippen molar-refractivity contribution in [3.05, 3.63) is 0 Å². The predicted octanol–water partition coefficient (Wildman–Crippen LogP) is 0.0342. The molecule has 5 heteroatoms. The summed E-state index contributed by atoms with van der Waals surface area (Å²) in [6, 6.07) is 0. The van der Waals surface area contributed by atoms with Gasteiger partial charge in [0.15, 0.2) is 0 Å². The highest BCUT2D eigenvalue weighted by Crippen LogP contribution is 1.95. The third-order valence-electron chi connectivity index (χ3n) is 1.28. The van der Waals surface area contributed by atoms with Gasteiger partial charge in [0.25, 0.3) is 0 Å². The van der Waals surface area contributed by atoms with E-state index in [0.717, 1.165) is 0 Å². The van der Waals surface area contributed by atoms with E-state index in [2.05, 4.69) is 0 Å². The molecule has 0 aliphatic carbocycles. The quantitative estimate of drug-likeness (QED) is 0.647. The van der Waals surface area contributed by atoms with E-state index in [1.54, 1.807) is 6.92 Å². The van der Waals surface area contributed by atoms with E-state index >= 15 is 0 Å². The summed E-state index contributed by atoms with van der Waals surface area (Å²) in [5.74, 6) is -0.0210. The van der Waals surface area contributed by atoms with E-state index in [9.17, 15) is 13.2 Å². The molecule has 0 heterocycles. The Kier molecular flexibility index (Phi) is 4.29. The number of primary sulfonamides is 1. The number of nitrogens with two attached hydrogens (primary N) is 1. The molecule has 0 rings (SSSR count). The van der Waals surface area contributed by atoms with Crippen molar-refractivity contribution in [3.8, 4) is 0 Å². The molecule has 0 aromatic carbocycles. The van der Waals surface area contributed by atoms with E-state index in [-0.39, 0.29) is 11.5 Å². The molecule has 11 heavy (non-hydrogen) atoms. The fourth-order valence-corrected chi connectivity index (χ4v) is 1.19. The summed E-state index contributed by atoms with van der Waals surface area (Å²) >= 11 is 0. The van der Waals surface area contributed by atoms with Gasteiger partial charge in [-0.3, -0.25) is 4.79 Å². The number of sulfonamides is 1. The zero-order valence-corrected chi connectivity index (χ0v) is 7.36. The van der Waals surface area contributed by atoms with Gasteiger partial charge in [-0.2, -0.15) is 0 Å². The van der Waals surface area contributed by atoms with Crippen LogP contribution in [0, 0.1) is 0 Å². The molecule has 0 aliphatic heterocycles. The van der Waals surface area contributed by atoms with E-state index in [0.29, 0.717) is 19.3 Å². The molecule has 0 saturated heterocycles. The van der Waals surface area contributed by atoms with Crippen LogP contribution in [0.1, 0.15) is 26.2 Å². The van der Waals surface area contributed by atoms with Crippen LogP contribution in [0.5, 0.6) is 0 Å². The molecule has 0 spiro atoms. The number of Topliss-reactive ketones (excluding diaryl/α,β-unsaturated/α-hetero) is 1. The Morgan fingerprint density at radius 1 is 1.45 bits per heavy atom. The average molecular weight is 179 g/mol. The maximum atomic E-state index is 10.7. The SMILES string of the molecule is CCC(=O)CCCS(N)(=O)=O. The van der Waals surface area contributed by atoms with Crippen molar-refractivity contribution in [2.75, 3.05) is 5.75 Å². The van der Waals surface area contributed by atoms with Crippen molar-refractivity contribution in [1.29, 1.82) is 0 Å². The Balaban J connectivity index is 3.51. The minimum absolute atomic E-state index is 0.0775. The fraction of sp³-hybridized carbons (Fsp3) is 0.833. The van der Waals surface area contributed by atoms with E-state index in [1.807, 2.05) is 0 Å². The number of ketones is 1. The molecule has 66 valence electrons. The predicted molar refractivity (Wildman–Crippen MR) is 42.5 cm³/mol. The van der Waals surface area contributed by atoms with Gasteiger partial charge in [-0.15, -0.1) is 0 Å². The van der Waals surface area contributed by atoms with Crippen LogP contribution in [0.15, 0.2) is 0 Å². The Labute approximate surface area is 66.8 Å². The molecule has 0 aliphatic rings. The molecule has 0 fully saturated rings. The van der Waals surface area contributed by atoms with Gasteiger partial charge >= 0.3 is 0 Å². The smallest absolute Gasteiger partial charge is 0.209 e. The topological polar surface area (TPSA) is 77.2 Å². The lowest BCUT2D eigenvalue weighted by molar-refractivity contribution is -0.118. The van der Waals surface area contributed by atoms with Crippen LogP contribution in [0.3, 0.4) is 0 Å². The van der Waals surface area contributed by atoms with Gasteiger partial charge in [0.1, 0.15) is 5.78 Å². The maximum absolute atomic E-state index is 10.7. The zero-order chi connectivity index (χ0) is 8.91. The van der Waals surface area contributed by atoms with Gasteiger partial charge in [0.05, 0.1) is 5.75 Å². The average Bonchev–Trinajstić information content (AvgIpc) is 1.85. The Hall–Kier alpha value is -0.420. The van der Waals surface area contributed by atoms with Crippen LogP contribution in [0.2, 0.25) is 0 Å². The number of carbonyl (C=O) groups excluding carboxylic acids is 1. The largest absolute Gasteiger partial charge is 0.300 e. The van der Waals surface area contributed by atoms with Crippen molar-refractivity contribution >= 4 is 15.8 Å². The van der Waals surface area contributed by atoms with E-state index in [1.165, 1.54) is 0 Å². The summed E-state index contributed by atoms with van der Waals surface area (Å²) in [5.41, 5.74) is 0. The standard InChI is InChI=1S/C6H13NO3S/c1-2-6(8)4-3-5-11(7,9)10/h2-5H2,1H3,(H2,7,9,10). The van der Waals surface area contributed by atoms with Crippen LogP contribution in [0.4, 0.5) is 0 Å². The Morgan fingerprint density at radius 3 is 2.36 bits per heavy atom. The highest BCUT2D eigenvalue weighted by Gasteiger charge is 2.04. The first-order chi connectivity index (χ1) is 4.95. The van der Waals surface area contributed by atoms with Gasteiger partial charge in [-0.1, -0.05) is 6.92 Å². The molecule has 0 aromatic rings. The minimum atomic E-state index is -3.38. The summed E-state index contributed by atoms with van der Waals surface area (Å²) in [5, 5.41) is 4.72. The van der Waals surface area contributed by atoms with Crippen molar-refractivity contribution in [1.82, 2.24) is 0 Å². The van der Waals surface area contributed by atoms with Gasteiger partial charge in [-0.25, -0.2) is 13.6 Å². The van der Waals surface area contributed by atoms with Crippen molar-refractivity contribution < 1.29 is 13.2 Å². The summed E-state index contributed by atoms with van der Waals surface area (Å²) in [6.07, 6.45) is 1.11. The van der Waals surface area contributed by atoms with Crippen LogP contribution in [-0.4, -0.2) is 20.0 Å². The Morgan fingerprint density at radius 2 is 2.00 bits per heavy atom. The highest BCUT2D eigenvalue weighted by molar-refractivity contribution is 7.89. The van der Waals surface area contributed by atoms with E-state index < -0.39 is 10.0 Å². The molecule has 0 amide bonds. The number of rotatable bonds is 5. The lowest BCUT2D eigenvalue weighted by atomic mass is 10.2. The molecular weight excluding hydrogens is 166 g/mol. The summed E-state index contributed by atoms with van der Waals surface area (Å²) in [7, 11) is -3.38. The zero-order valence-electron chi connectivity index (χ0n) is 6.54. The molecular formula is C6H13NO3S. The molecule has 4 nitrogen and oxygen atoms in total. The molecule has 0 unspecified atom stereocenters. The molecule has 0 radical (unpaired) electrons. The van der Waals surface area contributed by atoms with Crippen LogP contribution < -0.4 is 5.14 Å². The number of hydrogen-bond acceptors (Lipinski definition) is 3. The minimum Gasteiger partial charge on any atom is -0.300 e. The summed E-state index contributed by atoms with van der Waals surface area (Å²) in [4.78, 5) is 10.7. The number of carbonyl (C=O) groups is 1. The second-order valence-corrected chi connectivity index (χ2v) is 4.10. The van der Waals surface area contributed by atoms with Crippen molar-refractivity contribution in [3.63, 3.8) is 0 Å². The maximum Gasteiger partial charge on any atom is 0.209 e. The third-order valence-corrected chi connectivity index (χ3v) is 2.14. The second-order valence-electron chi connectivity index (χ2n) is 2.36. The van der Waals surface area contributed by atoms with Crippen LogP contribution in [-0.2, 0) is 14.8 Å². The summed E-state index contributed by atoms with van der Waals surface area (Å²) < 4.78 is 20.7. The third kappa shape index (κ3) is 7.48. The van der Waals surface area contributed by atoms with Crippen molar-refractivity contribution in [2.45, 2.75) is 26.2 Å². The van der Waals surface area contributed by atoms with Gasteiger partial charge in [0.2, 0.25) is 10.0 Å². The van der Waals surface area contributed by atoms with Crippen LogP contribution >= 0.6 is 0 Å². The number of hydrogen-bond donors (Lipinski definition) is 1. The molecule has 0 aromatic heterocycles. The Bertz CT molecular complexity index is 220. The van der Waals surface area contributed by atoms with Gasteiger partial charge < -0.3 is 0 Å². The first-order valence-electron chi connectivity index (χ1n) is 3.48.